The molecule has 0 amide bonds. The summed E-state index contributed by atoms with van der Waals surface area (Å²) in [5.74, 6) is 0.570. The van der Waals surface area contributed by atoms with Gasteiger partial charge in [0.1, 0.15) is 0 Å². The number of hydrogen-bond donors (Lipinski definition) is 2. The third kappa shape index (κ3) is 2.87. The Morgan fingerprint density at radius 2 is 2.19 bits per heavy atom. The molecule has 0 aromatic heterocycles. The highest BCUT2D eigenvalue weighted by molar-refractivity contribution is 5.59. The van der Waals surface area contributed by atoms with Gasteiger partial charge in [0.15, 0.2) is 11.5 Å². The average molecular weight is 220 g/mol. The molecular formula is C13H16O3. The second kappa shape index (κ2) is 5.98. The van der Waals surface area contributed by atoms with Gasteiger partial charge in [-0.1, -0.05) is 18.2 Å². The van der Waals surface area contributed by atoms with Crippen LogP contribution in [0.25, 0.3) is 6.08 Å². The van der Waals surface area contributed by atoms with Gasteiger partial charge in [-0.25, -0.2) is 0 Å². The molecule has 86 valence electrons. The molecular weight excluding hydrogens is 204 g/mol. The van der Waals surface area contributed by atoms with Crippen molar-refractivity contribution < 1.29 is 14.9 Å². The Morgan fingerprint density at radius 3 is 2.75 bits per heavy atom. The van der Waals surface area contributed by atoms with Crippen molar-refractivity contribution in [1.82, 2.24) is 0 Å². The molecule has 0 aliphatic rings. The topological polar surface area (TPSA) is 49.7 Å². The molecule has 1 aromatic rings. The molecule has 2 N–H and O–H groups in total. The summed E-state index contributed by atoms with van der Waals surface area (Å²) in [7, 11) is 1.51. The van der Waals surface area contributed by atoms with Crippen LogP contribution in [0.1, 0.15) is 11.1 Å². The molecule has 0 atom stereocenters. The van der Waals surface area contributed by atoms with E-state index < -0.39 is 0 Å². The monoisotopic (exact) mass is 220 g/mol. The molecule has 1 aromatic carbocycles. The van der Waals surface area contributed by atoms with Crippen LogP contribution in [0.15, 0.2) is 30.9 Å². The molecule has 0 heterocycles. The van der Waals surface area contributed by atoms with Crippen molar-refractivity contribution in [3.05, 3.63) is 42.0 Å². The Bertz CT molecular complexity index is 394. The molecule has 0 unspecified atom stereocenters. The van der Waals surface area contributed by atoms with Crippen LogP contribution in [-0.4, -0.2) is 23.9 Å². The van der Waals surface area contributed by atoms with Gasteiger partial charge in [0.2, 0.25) is 0 Å². The van der Waals surface area contributed by atoms with E-state index in [1.807, 2.05) is 6.07 Å². The number of aliphatic hydroxyl groups excluding tert-OH is 1. The molecule has 3 heteroatoms. The highest BCUT2D eigenvalue weighted by Crippen LogP contribution is 2.32. The van der Waals surface area contributed by atoms with Crippen molar-refractivity contribution in [2.75, 3.05) is 13.7 Å². The summed E-state index contributed by atoms with van der Waals surface area (Å²) in [6, 6.07) is 3.56. The molecule has 0 radical (unpaired) electrons. The van der Waals surface area contributed by atoms with Gasteiger partial charge >= 0.3 is 0 Å². The molecule has 16 heavy (non-hydrogen) atoms. The minimum Gasteiger partial charge on any atom is -0.504 e. The first kappa shape index (κ1) is 12.3. The second-order valence-electron chi connectivity index (χ2n) is 3.31. The number of allylic oxidation sites excluding steroid dienone is 1. The Hall–Kier alpha value is -1.74. The SMILES string of the molecule is C=CCc1cc(/C=C/CO)cc(OC)c1O. The molecule has 0 fully saturated rings. The smallest absolute Gasteiger partial charge is 0.161 e. The molecule has 1 rings (SSSR count). The fraction of sp³-hybridized carbons (Fsp3) is 0.231. The minimum absolute atomic E-state index is 0.0139. The minimum atomic E-state index is -0.0139. The zero-order chi connectivity index (χ0) is 12.0. The fourth-order valence-electron chi connectivity index (χ4n) is 1.44. The maximum atomic E-state index is 9.82. The molecule has 0 saturated carbocycles. The van der Waals surface area contributed by atoms with Crippen LogP contribution < -0.4 is 4.74 Å². The summed E-state index contributed by atoms with van der Waals surface area (Å²) in [5.41, 5.74) is 1.63. The first-order valence-corrected chi connectivity index (χ1v) is 5.01. The first-order chi connectivity index (χ1) is 7.72. The quantitative estimate of drug-likeness (QED) is 0.747. The van der Waals surface area contributed by atoms with Crippen LogP contribution in [0, 0.1) is 0 Å². The van der Waals surface area contributed by atoms with Crippen LogP contribution >= 0.6 is 0 Å². The van der Waals surface area contributed by atoms with E-state index in [1.165, 1.54) is 7.11 Å². The highest BCUT2D eigenvalue weighted by atomic mass is 16.5. The van der Waals surface area contributed by atoms with Crippen molar-refractivity contribution >= 4 is 6.08 Å². The summed E-state index contributed by atoms with van der Waals surface area (Å²) >= 11 is 0. The summed E-state index contributed by atoms with van der Waals surface area (Å²) in [5, 5.41) is 18.5. The number of phenolic OH excluding ortho intramolecular Hbond substituents is 1. The molecule has 0 spiro atoms. The van der Waals surface area contributed by atoms with E-state index in [-0.39, 0.29) is 12.4 Å². The largest absolute Gasteiger partial charge is 0.504 e. The maximum Gasteiger partial charge on any atom is 0.161 e. The van der Waals surface area contributed by atoms with Gasteiger partial charge in [-0.15, -0.1) is 6.58 Å². The standard InChI is InChI=1S/C13H16O3/c1-3-5-11-8-10(6-4-7-14)9-12(16-2)13(11)15/h3-4,6,8-9,14-15H,1,5,7H2,2H3/b6-4+. The van der Waals surface area contributed by atoms with E-state index in [1.54, 1.807) is 24.3 Å². The fourth-order valence-corrected chi connectivity index (χ4v) is 1.44. The van der Waals surface area contributed by atoms with E-state index in [9.17, 15) is 5.11 Å². The maximum absolute atomic E-state index is 9.82. The van der Waals surface area contributed by atoms with Crippen molar-refractivity contribution in [3.63, 3.8) is 0 Å². The molecule has 0 aliphatic heterocycles. The molecule has 0 aliphatic carbocycles. The van der Waals surface area contributed by atoms with Crippen molar-refractivity contribution in [3.8, 4) is 11.5 Å². The van der Waals surface area contributed by atoms with Crippen LogP contribution in [0.3, 0.4) is 0 Å². The molecule has 0 bridgehead atoms. The first-order valence-electron chi connectivity index (χ1n) is 5.01. The number of aliphatic hydroxyl groups is 1. The van der Waals surface area contributed by atoms with E-state index in [0.717, 1.165) is 11.1 Å². The lowest BCUT2D eigenvalue weighted by molar-refractivity contribution is 0.343. The van der Waals surface area contributed by atoms with Crippen molar-refractivity contribution in [2.45, 2.75) is 6.42 Å². The van der Waals surface area contributed by atoms with E-state index in [4.69, 9.17) is 9.84 Å². The lowest BCUT2D eigenvalue weighted by Crippen LogP contribution is -1.90. The van der Waals surface area contributed by atoms with Gasteiger partial charge in [-0.2, -0.15) is 0 Å². The number of aromatic hydroxyl groups is 1. The number of benzene rings is 1. The lowest BCUT2D eigenvalue weighted by Gasteiger charge is -2.09. The van der Waals surface area contributed by atoms with Gasteiger partial charge in [0, 0.05) is 5.56 Å². The van der Waals surface area contributed by atoms with Gasteiger partial charge in [-0.05, 0) is 24.1 Å². The van der Waals surface area contributed by atoms with Crippen LogP contribution in [-0.2, 0) is 6.42 Å². The third-order valence-electron chi connectivity index (χ3n) is 2.18. The lowest BCUT2D eigenvalue weighted by atomic mass is 10.1. The Labute approximate surface area is 95.3 Å². The number of ether oxygens (including phenoxy) is 1. The van der Waals surface area contributed by atoms with Gasteiger partial charge < -0.3 is 14.9 Å². The molecule has 3 nitrogen and oxygen atoms in total. The Morgan fingerprint density at radius 1 is 1.44 bits per heavy atom. The summed E-state index contributed by atoms with van der Waals surface area (Å²) in [4.78, 5) is 0. The summed E-state index contributed by atoms with van der Waals surface area (Å²) in [6.07, 6.45) is 5.69. The predicted molar refractivity (Wildman–Crippen MR) is 64.7 cm³/mol. The van der Waals surface area contributed by atoms with Crippen molar-refractivity contribution in [1.29, 1.82) is 0 Å². The van der Waals surface area contributed by atoms with Gasteiger partial charge in [0.05, 0.1) is 13.7 Å². The third-order valence-corrected chi connectivity index (χ3v) is 2.18. The van der Waals surface area contributed by atoms with E-state index >= 15 is 0 Å². The Balaban J connectivity index is 3.16. The zero-order valence-electron chi connectivity index (χ0n) is 9.31. The Kier molecular flexibility index (Phi) is 4.61. The number of rotatable bonds is 5. The zero-order valence-corrected chi connectivity index (χ0v) is 9.31. The number of phenols is 1. The van der Waals surface area contributed by atoms with Crippen LogP contribution in [0.2, 0.25) is 0 Å². The van der Waals surface area contributed by atoms with Crippen LogP contribution in [0.4, 0.5) is 0 Å². The van der Waals surface area contributed by atoms with Gasteiger partial charge in [0.25, 0.3) is 0 Å². The summed E-state index contributed by atoms with van der Waals surface area (Å²) in [6.45, 7) is 3.62. The van der Waals surface area contributed by atoms with E-state index in [0.29, 0.717) is 12.2 Å². The predicted octanol–water partition coefficient (Wildman–Crippen LogP) is 2.13. The highest BCUT2D eigenvalue weighted by Gasteiger charge is 2.08. The van der Waals surface area contributed by atoms with E-state index in [2.05, 4.69) is 6.58 Å². The number of methoxy groups -OCH3 is 1. The van der Waals surface area contributed by atoms with Crippen molar-refractivity contribution in [2.24, 2.45) is 0 Å². The van der Waals surface area contributed by atoms with Crippen LogP contribution in [0.5, 0.6) is 11.5 Å². The number of hydrogen-bond acceptors (Lipinski definition) is 3. The van der Waals surface area contributed by atoms with Gasteiger partial charge in [-0.3, -0.25) is 0 Å². The summed E-state index contributed by atoms with van der Waals surface area (Å²) < 4.78 is 5.07. The second-order valence-corrected chi connectivity index (χ2v) is 3.31. The average Bonchev–Trinajstić information content (AvgIpc) is 2.30. The normalized spacial score (nSPS) is 10.6. The molecule has 0 saturated heterocycles.